The minimum absolute atomic E-state index is 0.466. The van der Waals surface area contributed by atoms with Crippen LogP contribution in [0.4, 0.5) is 0 Å². The van der Waals surface area contributed by atoms with E-state index < -0.39 is 8.60 Å². The second kappa shape index (κ2) is 16.4. The van der Waals surface area contributed by atoms with E-state index in [-0.39, 0.29) is 0 Å². The Morgan fingerprint density at radius 1 is 0.567 bits per heavy atom. The van der Waals surface area contributed by atoms with Crippen LogP contribution >= 0.6 is 8.60 Å². The van der Waals surface area contributed by atoms with Gasteiger partial charge in [0.1, 0.15) is 0 Å². The van der Waals surface area contributed by atoms with E-state index in [1.807, 2.05) is 0 Å². The summed E-state index contributed by atoms with van der Waals surface area (Å²) in [5.41, 5.74) is 2.87. The van der Waals surface area contributed by atoms with Crippen LogP contribution in [-0.2, 0) is 4.52 Å². The molecule has 166 valence electrons. The Morgan fingerprint density at radius 2 is 0.967 bits per heavy atom. The Morgan fingerprint density at radius 3 is 1.40 bits per heavy atom. The van der Waals surface area contributed by atoms with Crippen LogP contribution in [0.15, 0.2) is 60.7 Å². The lowest BCUT2D eigenvalue weighted by molar-refractivity contribution is 0.248. The van der Waals surface area contributed by atoms with Gasteiger partial charge in [0.05, 0.1) is 6.61 Å². The smallest absolute Gasteiger partial charge is 0.327 e. The summed E-state index contributed by atoms with van der Waals surface area (Å²) in [4.78, 5) is 17.3. The molecule has 0 saturated heterocycles. The quantitative estimate of drug-likeness (QED) is 0.199. The molecule has 0 atom stereocenters. The van der Waals surface area contributed by atoms with Crippen LogP contribution < -0.4 is 0 Å². The van der Waals surface area contributed by atoms with Crippen molar-refractivity contribution < 1.29 is 14.3 Å². The lowest BCUT2D eigenvalue weighted by Gasteiger charge is -2.18. The van der Waals surface area contributed by atoms with Gasteiger partial charge >= 0.3 is 8.60 Å². The normalized spacial score (nSPS) is 11.5. The molecule has 3 nitrogen and oxygen atoms in total. The third-order valence-corrected chi connectivity index (χ3v) is 6.16. The molecular formula is C26H39O3P. The van der Waals surface area contributed by atoms with Gasteiger partial charge in [0.2, 0.25) is 0 Å². The molecule has 2 rings (SSSR count). The molecule has 0 bridgehead atoms. The lowest BCUT2D eigenvalue weighted by atomic mass is 9.87. The maximum Gasteiger partial charge on any atom is 0.327 e. The molecule has 0 spiro atoms. The van der Waals surface area contributed by atoms with Crippen LogP contribution in [0.25, 0.3) is 0 Å². The molecule has 30 heavy (non-hydrogen) atoms. The number of hydrogen-bond acceptors (Lipinski definition) is 3. The summed E-state index contributed by atoms with van der Waals surface area (Å²) < 4.78 is 4.77. The molecule has 2 aromatic carbocycles. The van der Waals surface area contributed by atoms with Crippen LogP contribution in [0.2, 0.25) is 0 Å². The Labute approximate surface area is 184 Å². The fourth-order valence-corrected chi connectivity index (χ4v) is 4.38. The van der Waals surface area contributed by atoms with E-state index in [2.05, 4.69) is 60.7 Å². The molecule has 0 unspecified atom stereocenters. The Kier molecular flexibility index (Phi) is 13.7. The number of hydrogen-bond donors (Lipinski definition) is 2. The largest absolute Gasteiger partial charge is 0.328 e. The molecule has 4 heteroatoms. The Balaban J connectivity index is 1.50. The summed E-state index contributed by atoms with van der Waals surface area (Å²) in [6, 6.07) is 21.9. The van der Waals surface area contributed by atoms with Gasteiger partial charge in [0.25, 0.3) is 0 Å². The highest BCUT2D eigenvalue weighted by Gasteiger charge is 2.13. The molecule has 2 aromatic rings. The van der Waals surface area contributed by atoms with Gasteiger partial charge in [-0.3, -0.25) is 0 Å². The minimum atomic E-state index is -2.17. The summed E-state index contributed by atoms with van der Waals surface area (Å²) in [5.74, 6) is 0.513. The van der Waals surface area contributed by atoms with Crippen molar-refractivity contribution in [2.24, 2.45) is 0 Å². The van der Waals surface area contributed by atoms with E-state index in [1.54, 1.807) is 0 Å². The van der Waals surface area contributed by atoms with Crippen LogP contribution in [-0.4, -0.2) is 16.4 Å². The fourth-order valence-electron chi connectivity index (χ4n) is 4.08. The lowest BCUT2D eigenvalue weighted by Crippen LogP contribution is -2.01. The number of benzene rings is 2. The van der Waals surface area contributed by atoms with E-state index in [1.165, 1.54) is 75.3 Å². The molecule has 0 aromatic heterocycles. The summed E-state index contributed by atoms with van der Waals surface area (Å²) in [6.07, 6.45) is 15.1. The average Bonchev–Trinajstić information content (AvgIpc) is 2.77. The molecule has 0 aliphatic heterocycles. The first-order valence-electron chi connectivity index (χ1n) is 11.7. The molecule has 0 aliphatic carbocycles. The second-order valence-electron chi connectivity index (χ2n) is 8.14. The first-order chi connectivity index (χ1) is 14.8. The van der Waals surface area contributed by atoms with Gasteiger partial charge in [0.15, 0.2) is 0 Å². The molecule has 0 fully saturated rings. The van der Waals surface area contributed by atoms with Gasteiger partial charge in [-0.1, -0.05) is 125 Å². The van der Waals surface area contributed by atoms with Crippen molar-refractivity contribution in [3.05, 3.63) is 71.8 Å². The number of rotatable bonds is 17. The van der Waals surface area contributed by atoms with Crippen molar-refractivity contribution in [1.82, 2.24) is 0 Å². The van der Waals surface area contributed by atoms with E-state index in [0.717, 1.165) is 12.8 Å². The topological polar surface area (TPSA) is 49.7 Å². The highest BCUT2D eigenvalue weighted by atomic mass is 31.2. The Bertz CT molecular complexity index is 594. The third-order valence-electron chi connectivity index (χ3n) is 5.75. The van der Waals surface area contributed by atoms with Crippen LogP contribution in [0.1, 0.15) is 94.1 Å². The zero-order valence-corrected chi connectivity index (χ0v) is 19.2. The molecule has 0 aliphatic rings. The predicted octanol–water partition coefficient (Wildman–Crippen LogP) is 7.73. The first-order valence-corrected chi connectivity index (χ1v) is 12.8. The van der Waals surface area contributed by atoms with Crippen molar-refractivity contribution in [2.45, 2.75) is 83.0 Å². The molecule has 2 N–H and O–H groups in total. The van der Waals surface area contributed by atoms with Gasteiger partial charge in [-0.25, -0.2) is 0 Å². The first kappa shape index (κ1) is 25.0. The average molecular weight is 431 g/mol. The summed E-state index contributed by atoms with van der Waals surface area (Å²) in [6.45, 7) is 0.466. The summed E-state index contributed by atoms with van der Waals surface area (Å²) in [5, 5.41) is 0. The zero-order valence-electron chi connectivity index (χ0n) is 18.3. The van der Waals surface area contributed by atoms with Crippen molar-refractivity contribution >= 4 is 8.60 Å². The van der Waals surface area contributed by atoms with Gasteiger partial charge in [0, 0.05) is 5.92 Å². The highest BCUT2D eigenvalue weighted by molar-refractivity contribution is 7.39. The van der Waals surface area contributed by atoms with Crippen molar-refractivity contribution in [3.63, 3.8) is 0 Å². The maximum absolute atomic E-state index is 8.66. The van der Waals surface area contributed by atoms with Crippen LogP contribution in [0.5, 0.6) is 0 Å². The van der Waals surface area contributed by atoms with Crippen LogP contribution in [0, 0.1) is 0 Å². The van der Waals surface area contributed by atoms with E-state index >= 15 is 0 Å². The van der Waals surface area contributed by atoms with Crippen molar-refractivity contribution in [3.8, 4) is 0 Å². The van der Waals surface area contributed by atoms with Crippen LogP contribution in [0.3, 0.4) is 0 Å². The van der Waals surface area contributed by atoms with Gasteiger partial charge in [-0.2, -0.15) is 0 Å². The third kappa shape index (κ3) is 11.2. The second-order valence-corrected chi connectivity index (χ2v) is 8.90. The molecule has 0 saturated carbocycles. The van der Waals surface area contributed by atoms with Gasteiger partial charge in [-0.15, -0.1) is 0 Å². The molecule has 0 radical (unpaired) electrons. The Hall–Kier alpha value is -1.25. The van der Waals surface area contributed by atoms with E-state index in [9.17, 15) is 0 Å². The van der Waals surface area contributed by atoms with Crippen molar-refractivity contribution in [1.29, 1.82) is 0 Å². The zero-order chi connectivity index (χ0) is 21.3. The SMILES string of the molecule is OP(O)OCCCCCCCCCCCCCC(c1ccccc1)c1ccccc1. The number of unbranched alkanes of at least 4 members (excludes halogenated alkanes) is 10. The summed E-state index contributed by atoms with van der Waals surface area (Å²) >= 11 is 0. The van der Waals surface area contributed by atoms with Gasteiger partial charge in [-0.05, 0) is 24.0 Å². The highest BCUT2D eigenvalue weighted by Crippen LogP contribution is 2.30. The van der Waals surface area contributed by atoms with E-state index in [0.29, 0.717) is 12.5 Å². The minimum Gasteiger partial charge on any atom is -0.328 e. The maximum atomic E-state index is 8.66. The molecule has 0 heterocycles. The van der Waals surface area contributed by atoms with Gasteiger partial charge < -0.3 is 14.3 Å². The van der Waals surface area contributed by atoms with Crippen molar-refractivity contribution in [2.75, 3.05) is 6.61 Å². The molecular weight excluding hydrogens is 391 g/mol. The molecule has 0 amide bonds. The monoisotopic (exact) mass is 430 g/mol. The standard InChI is InChI=1S/C26H39O3P/c27-30(28)29-23-17-9-7-5-3-1-2-4-6-8-16-22-26(24-18-12-10-13-19-24)25-20-14-11-15-21-25/h10-15,18-21,26-28H,1-9,16-17,22-23H2. The van der Waals surface area contributed by atoms with E-state index in [4.69, 9.17) is 14.3 Å². The summed E-state index contributed by atoms with van der Waals surface area (Å²) in [7, 11) is -2.17. The fraction of sp³-hybridized carbons (Fsp3) is 0.538. The predicted molar refractivity (Wildman–Crippen MR) is 127 cm³/mol.